The fourth-order valence-corrected chi connectivity index (χ4v) is 6.62. The van der Waals surface area contributed by atoms with Gasteiger partial charge in [-0.05, 0) is 96.3 Å². The molecule has 0 amide bonds. The highest BCUT2D eigenvalue weighted by Crippen LogP contribution is 2.39. The van der Waals surface area contributed by atoms with Gasteiger partial charge in [-0.1, -0.05) is 27.7 Å². The fourth-order valence-electron chi connectivity index (χ4n) is 6.62. The minimum absolute atomic E-state index is 0.0548. The third kappa shape index (κ3) is 8.84. The molecule has 4 fully saturated rings. The van der Waals surface area contributed by atoms with Crippen LogP contribution in [0.1, 0.15) is 125 Å². The van der Waals surface area contributed by atoms with Crippen molar-refractivity contribution in [2.24, 2.45) is 11.8 Å². The summed E-state index contributed by atoms with van der Waals surface area (Å²) in [5, 5.41) is 0. The molecular formula is C31H56O8. The van der Waals surface area contributed by atoms with Crippen molar-refractivity contribution in [2.45, 2.75) is 174 Å². The van der Waals surface area contributed by atoms with Crippen molar-refractivity contribution in [2.75, 3.05) is 13.2 Å². The third-order valence-electron chi connectivity index (χ3n) is 8.93. The Kier molecular flexibility index (Phi) is 11.9. The maximum Gasteiger partial charge on any atom is 0.285 e. The summed E-state index contributed by atoms with van der Waals surface area (Å²) in [6.07, 6.45) is 13.7. The molecule has 8 heteroatoms. The summed E-state index contributed by atoms with van der Waals surface area (Å²) in [6.45, 7) is 13.4. The monoisotopic (exact) mass is 556 g/mol. The molecule has 0 N–H and O–H groups in total. The molecule has 0 spiro atoms. The average Bonchev–Trinajstić information content (AvgIpc) is 3.52. The van der Waals surface area contributed by atoms with E-state index in [4.69, 9.17) is 37.9 Å². The Labute approximate surface area is 237 Å². The highest BCUT2D eigenvalue weighted by Gasteiger charge is 2.43. The number of rotatable bonds is 14. The zero-order valence-electron chi connectivity index (χ0n) is 25.5. The summed E-state index contributed by atoms with van der Waals surface area (Å²) in [4.78, 5) is 0. The second-order valence-electron chi connectivity index (χ2n) is 12.3. The summed E-state index contributed by atoms with van der Waals surface area (Å²) >= 11 is 0. The maximum absolute atomic E-state index is 6.40. The van der Waals surface area contributed by atoms with Crippen molar-refractivity contribution in [3.05, 3.63) is 0 Å². The molecular weight excluding hydrogens is 500 g/mol. The van der Waals surface area contributed by atoms with Crippen LogP contribution < -0.4 is 0 Å². The van der Waals surface area contributed by atoms with E-state index in [-0.39, 0.29) is 37.0 Å². The van der Waals surface area contributed by atoms with E-state index in [0.717, 1.165) is 50.4 Å². The quantitative estimate of drug-likeness (QED) is 0.211. The Hall–Kier alpha value is -0.320. The summed E-state index contributed by atoms with van der Waals surface area (Å²) in [6, 6.07) is 0. The Morgan fingerprint density at radius 2 is 1.00 bits per heavy atom. The molecule has 6 atom stereocenters. The Bertz CT molecular complexity index is 649. The van der Waals surface area contributed by atoms with E-state index in [1.807, 2.05) is 27.7 Å². The van der Waals surface area contributed by atoms with Crippen LogP contribution >= 0.6 is 0 Å². The topological polar surface area (TPSA) is 73.8 Å². The van der Waals surface area contributed by atoms with Gasteiger partial charge in [0.25, 0.3) is 11.9 Å². The highest BCUT2D eigenvalue weighted by molar-refractivity contribution is 4.80. The second kappa shape index (κ2) is 14.7. The van der Waals surface area contributed by atoms with E-state index in [0.29, 0.717) is 26.1 Å². The van der Waals surface area contributed by atoms with Crippen LogP contribution in [0.15, 0.2) is 0 Å². The predicted molar refractivity (Wildman–Crippen MR) is 148 cm³/mol. The first kappa shape index (κ1) is 31.6. The maximum atomic E-state index is 6.40. The van der Waals surface area contributed by atoms with E-state index in [2.05, 4.69) is 13.8 Å². The minimum atomic E-state index is -0.947. The van der Waals surface area contributed by atoms with Crippen LogP contribution in [0.4, 0.5) is 0 Å². The van der Waals surface area contributed by atoms with Crippen molar-refractivity contribution in [1.82, 2.24) is 0 Å². The molecule has 2 aliphatic heterocycles. The van der Waals surface area contributed by atoms with Gasteiger partial charge in [-0.25, -0.2) is 0 Å². The Morgan fingerprint density at radius 1 is 0.615 bits per heavy atom. The van der Waals surface area contributed by atoms with E-state index in [1.54, 1.807) is 0 Å². The molecule has 2 saturated carbocycles. The van der Waals surface area contributed by atoms with Gasteiger partial charge >= 0.3 is 0 Å². The van der Waals surface area contributed by atoms with Gasteiger partial charge in [0.1, 0.15) is 0 Å². The lowest BCUT2D eigenvalue weighted by Gasteiger charge is -2.37. The van der Waals surface area contributed by atoms with Gasteiger partial charge in [0.2, 0.25) is 0 Å². The molecule has 8 nitrogen and oxygen atoms in total. The van der Waals surface area contributed by atoms with Crippen LogP contribution in [0.25, 0.3) is 0 Å². The Balaban J connectivity index is 1.13. The van der Waals surface area contributed by atoms with Crippen LogP contribution in [0, 0.1) is 11.8 Å². The standard InChI is InChI=1S/C31H56O8/c1-7-28(38-30(9-3)32-20-22(5)36-30)34-26-15-11-24(12-16-26)19-25-13-17-27(18-14-25)35-29(8-2)39-31(10-4)33-21-23(6)37-31/h22-29H,7-21H2,1-6H3. The lowest BCUT2D eigenvalue weighted by Crippen LogP contribution is -2.40. The van der Waals surface area contributed by atoms with E-state index < -0.39 is 11.9 Å². The molecule has 0 aromatic heterocycles. The molecule has 0 radical (unpaired) electrons. The second-order valence-corrected chi connectivity index (χ2v) is 12.3. The smallest absolute Gasteiger partial charge is 0.285 e. The van der Waals surface area contributed by atoms with Gasteiger partial charge in [-0.3, -0.25) is 9.47 Å². The average molecular weight is 557 g/mol. The molecule has 39 heavy (non-hydrogen) atoms. The zero-order valence-corrected chi connectivity index (χ0v) is 25.5. The summed E-state index contributed by atoms with van der Waals surface area (Å²) in [5.41, 5.74) is 0. The summed E-state index contributed by atoms with van der Waals surface area (Å²) in [7, 11) is 0. The number of hydrogen-bond donors (Lipinski definition) is 0. The number of ether oxygens (including phenoxy) is 8. The molecule has 228 valence electrons. The molecule has 0 bridgehead atoms. The largest absolute Gasteiger partial charge is 0.349 e. The first-order valence-corrected chi connectivity index (χ1v) is 16.1. The Morgan fingerprint density at radius 3 is 1.28 bits per heavy atom. The molecule has 0 aromatic rings. The van der Waals surface area contributed by atoms with Gasteiger partial charge in [-0.15, -0.1) is 0 Å². The van der Waals surface area contributed by atoms with E-state index in [1.165, 1.54) is 32.1 Å². The van der Waals surface area contributed by atoms with E-state index >= 15 is 0 Å². The lowest BCUT2D eigenvalue weighted by molar-refractivity contribution is -0.391. The van der Waals surface area contributed by atoms with E-state index in [9.17, 15) is 0 Å². The lowest BCUT2D eigenvalue weighted by atomic mass is 9.76. The molecule has 4 rings (SSSR count). The highest BCUT2D eigenvalue weighted by atomic mass is 16.9. The van der Waals surface area contributed by atoms with Gasteiger partial charge in [0.15, 0.2) is 12.6 Å². The minimum Gasteiger partial charge on any atom is -0.349 e. The van der Waals surface area contributed by atoms with Crippen molar-refractivity contribution >= 4 is 0 Å². The molecule has 2 heterocycles. The summed E-state index contributed by atoms with van der Waals surface area (Å²) in [5.74, 6) is -0.297. The zero-order chi connectivity index (χ0) is 27.9. The van der Waals surface area contributed by atoms with Crippen LogP contribution in [0.5, 0.6) is 0 Å². The third-order valence-corrected chi connectivity index (χ3v) is 8.93. The number of hydrogen-bond acceptors (Lipinski definition) is 8. The van der Waals surface area contributed by atoms with Crippen molar-refractivity contribution in [3.8, 4) is 0 Å². The van der Waals surface area contributed by atoms with Crippen molar-refractivity contribution in [3.63, 3.8) is 0 Å². The van der Waals surface area contributed by atoms with Gasteiger partial charge in [0.05, 0.1) is 37.6 Å². The van der Waals surface area contributed by atoms with Crippen LogP contribution in [0.2, 0.25) is 0 Å². The first-order valence-electron chi connectivity index (χ1n) is 16.1. The molecule has 6 unspecified atom stereocenters. The van der Waals surface area contributed by atoms with Crippen LogP contribution in [-0.4, -0.2) is 62.2 Å². The van der Waals surface area contributed by atoms with Crippen molar-refractivity contribution < 1.29 is 37.9 Å². The first-order chi connectivity index (χ1) is 18.8. The SMILES string of the molecule is CCC(OC1CCC(CC2CCC(OC(CC)OC3(CC)OCC(C)O3)CC2)CC1)OC1(CC)OCC(C)O1. The fraction of sp³-hybridized carbons (Fsp3) is 1.00. The van der Waals surface area contributed by atoms with Crippen LogP contribution in [-0.2, 0) is 37.9 Å². The molecule has 2 saturated heterocycles. The molecule has 2 aliphatic carbocycles. The van der Waals surface area contributed by atoms with Crippen LogP contribution in [0.3, 0.4) is 0 Å². The molecule has 4 aliphatic rings. The summed E-state index contributed by atoms with van der Waals surface area (Å²) < 4.78 is 48.8. The van der Waals surface area contributed by atoms with Crippen molar-refractivity contribution in [1.29, 1.82) is 0 Å². The normalized spacial score (nSPS) is 41.1. The molecule has 0 aromatic carbocycles. The van der Waals surface area contributed by atoms with Gasteiger partial charge in [-0.2, -0.15) is 0 Å². The predicted octanol–water partition coefficient (Wildman–Crippen LogP) is 7.03. The van der Waals surface area contributed by atoms with Gasteiger partial charge in [0, 0.05) is 12.8 Å². The van der Waals surface area contributed by atoms with Gasteiger partial charge < -0.3 is 28.4 Å².